The molecule has 0 aromatic heterocycles. The molecule has 4 unspecified atom stereocenters. The van der Waals surface area contributed by atoms with Gasteiger partial charge in [0.1, 0.15) is 0 Å². The molecule has 2 heterocycles. The van der Waals surface area contributed by atoms with E-state index in [1.54, 1.807) is 6.07 Å². The average molecular weight is 681 g/mol. The van der Waals surface area contributed by atoms with Crippen LogP contribution in [0.15, 0.2) is 36.4 Å². The van der Waals surface area contributed by atoms with Gasteiger partial charge in [0.15, 0.2) is 0 Å². The first-order chi connectivity index (χ1) is 20.3. The number of nitriles is 3. The first-order valence-electron chi connectivity index (χ1n) is 15.1. The molecule has 0 aliphatic carbocycles. The first-order valence-corrected chi connectivity index (χ1v) is 17.1. The third-order valence-corrected chi connectivity index (χ3v) is 10.5. The minimum absolute atomic E-state index is 0.284. The first kappa shape index (κ1) is 32.4. The third-order valence-electron chi connectivity index (χ3n) is 8.46. The molecular formula is C34H43IN5O2-. The number of hydrogen-bond acceptors (Lipinski definition) is 7. The monoisotopic (exact) mass is 680 g/mol. The van der Waals surface area contributed by atoms with Crippen molar-refractivity contribution >= 4 is 0 Å². The van der Waals surface area contributed by atoms with Crippen molar-refractivity contribution in [2.45, 2.75) is 71.6 Å². The Hall–Kier alpha value is -2.52. The van der Waals surface area contributed by atoms with Crippen LogP contribution in [-0.2, 0) is 20.6 Å². The van der Waals surface area contributed by atoms with Crippen LogP contribution in [0.4, 0.5) is 0 Å². The summed E-state index contributed by atoms with van der Waals surface area (Å²) in [5.41, 5.74) is 4.10. The second-order valence-corrected chi connectivity index (χ2v) is 14.4. The van der Waals surface area contributed by atoms with Crippen molar-refractivity contribution in [1.82, 2.24) is 9.80 Å². The number of ether oxygens (including phenoxy) is 1. The Morgan fingerprint density at radius 3 is 1.98 bits per heavy atom. The summed E-state index contributed by atoms with van der Waals surface area (Å²) in [6, 6.07) is 19.5. The van der Waals surface area contributed by atoms with Crippen LogP contribution in [0, 0.1) is 49.4 Å². The van der Waals surface area contributed by atoms with Gasteiger partial charge in [-0.1, -0.05) is 0 Å². The van der Waals surface area contributed by atoms with Gasteiger partial charge in [-0.2, -0.15) is 0 Å². The van der Waals surface area contributed by atoms with E-state index in [1.807, 2.05) is 12.1 Å². The number of rotatable bonds is 13. The van der Waals surface area contributed by atoms with Crippen LogP contribution in [0.5, 0.6) is 0 Å². The molecule has 0 radical (unpaired) electrons. The van der Waals surface area contributed by atoms with Gasteiger partial charge in [-0.3, -0.25) is 0 Å². The fourth-order valence-corrected chi connectivity index (χ4v) is 8.06. The molecule has 0 spiro atoms. The summed E-state index contributed by atoms with van der Waals surface area (Å²) in [5, 5.41) is 28.4. The molecule has 0 N–H and O–H groups in total. The average Bonchev–Trinajstić information content (AvgIpc) is 3.54. The van der Waals surface area contributed by atoms with Crippen LogP contribution in [0.3, 0.4) is 0 Å². The Kier molecular flexibility index (Phi) is 12.2. The third kappa shape index (κ3) is 9.24. The molecule has 0 amide bonds. The predicted molar refractivity (Wildman–Crippen MR) is 158 cm³/mol. The van der Waals surface area contributed by atoms with Crippen molar-refractivity contribution < 1.29 is 29.4 Å². The minimum atomic E-state index is -0.687. The van der Waals surface area contributed by atoms with Crippen LogP contribution in [0.1, 0.15) is 68.4 Å². The SMILES string of the molecule is CC(C)OCC1CC(C)N(CCc2ccc([I-]OCC3CC(C)N(CCc4cc(C#N)cc(C#N)c4)C3)c(C#N)c2)C1. The zero-order valence-corrected chi connectivity index (χ0v) is 27.5. The molecule has 4 rings (SSSR count). The van der Waals surface area contributed by atoms with Gasteiger partial charge in [-0.25, -0.2) is 0 Å². The molecule has 42 heavy (non-hydrogen) atoms. The maximum absolute atomic E-state index is 9.85. The molecule has 0 saturated carbocycles. The maximum atomic E-state index is 9.85. The topological polar surface area (TPSA) is 96.3 Å². The second kappa shape index (κ2) is 15.8. The Morgan fingerprint density at radius 1 is 0.810 bits per heavy atom. The van der Waals surface area contributed by atoms with Crippen molar-refractivity contribution in [3.8, 4) is 18.2 Å². The van der Waals surface area contributed by atoms with E-state index in [9.17, 15) is 15.8 Å². The zero-order valence-electron chi connectivity index (χ0n) is 25.4. The molecule has 2 aromatic rings. The summed E-state index contributed by atoms with van der Waals surface area (Å²) >= 11 is -0.687. The molecule has 224 valence electrons. The summed E-state index contributed by atoms with van der Waals surface area (Å²) in [4.78, 5) is 5.04. The van der Waals surface area contributed by atoms with Crippen LogP contribution in [0.25, 0.3) is 0 Å². The van der Waals surface area contributed by atoms with Crippen molar-refractivity contribution in [1.29, 1.82) is 15.8 Å². The molecule has 2 aromatic carbocycles. The van der Waals surface area contributed by atoms with Gasteiger partial charge in [-0.15, -0.1) is 0 Å². The van der Waals surface area contributed by atoms with Crippen LogP contribution in [0.2, 0.25) is 0 Å². The number of hydrogen-bond donors (Lipinski definition) is 0. The molecule has 8 heteroatoms. The van der Waals surface area contributed by atoms with E-state index in [-0.39, 0.29) is 6.10 Å². The van der Waals surface area contributed by atoms with Gasteiger partial charge in [0.05, 0.1) is 0 Å². The van der Waals surface area contributed by atoms with E-state index >= 15 is 0 Å². The summed E-state index contributed by atoms with van der Waals surface area (Å²) < 4.78 is 13.2. The van der Waals surface area contributed by atoms with E-state index < -0.39 is 21.6 Å². The summed E-state index contributed by atoms with van der Waals surface area (Å²) in [7, 11) is 0. The molecule has 4 atom stereocenters. The van der Waals surface area contributed by atoms with Gasteiger partial charge in [0.2, 0.25) is 0 Å². The van der Waals surface area contributed by atoms with Gasteiger partial charge in [0, 0.05) is 0 Å². The Morgan fingerprint density at radius 2 is 1.40 bits per heavy atom. The number of nitrogens with zero attached hydrogens (tertiary/aromatic N) is 5. The van der Waals surface area contributed by atoms with E-state index in [1.165, 1.54) is 12.0 Å². The molecule has 2 aliphatic heterocycles. The van der Waals surface area contributed by atoms with E-state index in [0.29, 0.717) is 35.0 Å². The summed E-state index contributed by atoms with van der Waals surface area (Å²) in [6.45, 7) is 14.3. The quantitative estimate of drug-likeness (QED) is 0.300. The number of likely N-dealkylation sites (tertiary alicyclic amines) is 2. The van der Waals surface area contributed by atoms with Gasteiger partial charge < -0.3 is 0 Å². The van der Waals surface area contributed by atoms with Gasteiger partial charge >= 0.3 is 250 Å². The fourth-order valence-electron chi connectivity index (χ4n) is 6.20. The Labute approximate surface area is 262 Å². The molecule has 2 fully saturated rings. The standard InChI is InChI=1S/C34H43IN5O2/c1-24(2)41-22-31-11-25(3)39(20-31)9-7-27-5-6-34(33(16-27)19-38)35-42-23-32-12-26(4)40(21-32)10-8-28-13-29(17-36)15-30(14-28)18-37/h5-6,13-16,24-26,31-32H,7-12,20-23H2,1-4H3/q-1. The van der Waals surface area contributed by atoms with E-state index in [4.69, 9.17) is 7.80 Å². The Balaban J connectivity index is 1.21. The van der Waals surface area contributed by atoms with Crippen LogP contribution in [-0.4, -0.2) is 67.4 Å². The van der Waals surface area contributed by atoms with E-state index in [2.05, 4.69) is 73.9 Å². The normalized spacial score (nSPS) is 22.8. The summed E-state index contributed by atoms with van der Waals surface area (Å²) in [6.07, 6.45) is 4.33. The van der Waals surface area contributed by atoms with Gasteiger partial charge in [0.25, 0.3) is 0 Å². The predicted octanol–water partition coefficient (Wildman–Crippen LogP) is 2.12. The number of benzene rings is 2. The Bertz CT molecular complexity index is 1290. The van der Waals surface area contributed by atoms with Crippen molar-refractivity contribution in [3.63, 3.8) is 0 Å². The number of halogens is 1. The fraction of sp³-hybridized carbons (Fsp3) is 0.559. The van der Waals surface area contributed by atoms with Crippen molar-refractivity contribution in [2.24, 2.45) is 11.8 Å². The molecular weight excluding hydrogens is 637 g/mol. The second-order valence-electron chi connectivity index (χ2n) is 12.2. The molecule has 2 saturated heterocycles. The van der Waals surface area contributed by atoms with E-state index in [0.717, 1.165) is 73.4 Å². The molecule has 2 aliphatic rings. The van der Waals surface area contributed by atoms with Crippen molar-refractivity contribution in [3.05, 3.63) is 67.8 Å². The van der Waals surface area contributed by atoms with Crippen LogP contribution < -0.4 is 21.6 Å². The van der Waals surface area contributed by atoms with Gasteiger partial charge in [-0.05, 0) is 13.8 Å². The summed E-state index contributed by atoms with van der Waals surface area (Å²) in [5.74, 6) is 1.08. The van der Waals surface area contributed by atoms with Crippen molar-refractivity contribution in [2.75, 3.05) is 39.4 Å². The van der Waals surface area contributed by atoms with Crippen LogP contribution >= 0.6 is 0 Å². The molecule has 7 nitrogen and oxygen atoms in total. The molecule has 0 bridgehead atoms. The zero-order chi connectivity index (χ0) is 30.1.